The zero-order valence-corrected chi connectivity index (χ0v) is 11.4. The normalized spacial score (nSPS) is 10.7. The molecule has 0 radical (unpaired) electrons. The molecule has 0 bridgehead atoms. The first-order valence-corrected chi connectivity index (χ1v) is 6.07. The second-order valence-electron chi connectivity index (χ2n) is 3.73. The fraction of sp³-hybridized carbons (Fsp3) is 0.333. The number of nitrogens with two attached hydrogens (primary N) is 1. The molecule has 0 saturated heterocycles. The average Bonchev–Trinajstić information content (AvgIpc) is 2.87. The molecule has 2 aromatic rings. The molecule has 0 amide bonds. The number of hydrogen-bond acceptors (Lipinski definition) is 6. The fourth-order valence-corrected chi connectivity index (χ4v) is 1.68. The van der Waals surface area contributed by atoms with Crippen LogP contribution in [0.3, 0.4) is 0 Å². The minimum atomic E-state index is 0.297. The van der Waals surface area contributed by atoms with Crippen LogP contribution >= 0.6 is 11.6 Å². The largest absolute Gasteiger partial charge is 0.496 e. The van der Waals surface area contributed by atoms with E-state index in [0.717, 1.165) is 0 Å². The van der Waals surface area contributed by atoms with Gasteiger partial charge in [0.1, 0.15) is 12.4 Å². The predicted octanol–water partition coefficient (Wildman–Crippen LogP) is 2.52. The zero-order valence-electron chi connectivity index (χ0n) is 10.6. The molecule has 19 heavy (non-hydrogen) atoms. The molecule has 0 aliphatic heterocycles. The molecule has 6 nitrogen and oxygen atoms in total. The quantitative estimate of drug-likeness (QED) is 0.849. The van der Waals surface area contributed by atoms with Crippen molar-refractivity contribution in [1.82, 2.24) is 10.1 Å². The molecule has 0 unspecified atom stereocenters. The Bertz CT molecular complexity index is 571. The molecule has 102 valence electrons. The molecular weight excluding hydrogens is 270 g/mol. The minimum absolute atomic E-state index is 0.297. The van der Waals surface area contributed by atoms with Crippen LogP contribution in [0.1, 0.15) is 12.7 Å². The summed E-state index contributed by atoms with van der Waals surface area (Å²) in [5, 5.41) is 4.22. The highest BCUT2D eigenvalue weighted by Crippen LogP contribution is 2.35. The van der Waals surface area contributed by atoms with Gasteiger partial charge in [0.15, 0.2) is 5.82 Å². The molecule has 0 saturated carbocycles. The number of ether oxygens (including phenoxy) is 2. The first-order valence-electron chi connectivity index (χ1n) is 5.69. The number of halogens is 1. The lowest BCUT2D eigenvalue weighted by Gasteiger charge is -2.07. The fourth-order valence-electron chi connectivity index (χ4n) is 1.52. The minimum Gasteiger partial charge on any atom is -0.496 e. The third kappa shape index (κ3) is 2.97. The van der Waals surface area contributed by atoms with E-state index in [1.165, 1.54) is 7.11 Å². The molecule has 0 fully saturated rings. The van der Waals surface area contributed by atoms with Crippen molar-refractivity contribution in [2.45, 2.75) is 13.5 Å². The molecule has 1 aromatic carbocycles. The molecule has 0 spiro atoms. The van der Waals surface area contributed by atoms with E-state index >= 15 is 0 Å². The van der Waals surface area contributed by atoms with E-state index in [-0.39, 0.29) is 0 Å². The monoisotopic (exact) mass is 283 g/mol. The standard InChI is InChI=1S/C12H14ClN3O3/c1-3-18-6-11-15-12(19-16-11)7-4-8(13)9(14)5-10(7)17-2/h4-5H,3,6,14H2,1-2H3. The van der Waals surface area contributed by atoms with Crippen LogP contribution in [0.2, 0.25) is 5.02 Å². The lowest BCUT2D eigenvalue weighted by Crippen LogP contribution is -1.95. The van der Waals surface area contributed by atoms with Gasteiger partial charge >= 0.3 is 0 Å². The Labute approximate surface area is 115 Å². The summed E-state index contributed by atoms with van der Waals surface area (Å²) in [4.78, 5) is 4.22. The van der Waals surface area contributed by atoms with Gasteiger partial charge in [0.25, 0.3) is 5.89 Å². The van der Waals surface area contributed by atoms with E-state index in [9.17, 15) is 0 Å². The van der Waals surface area contributed by atoms with Gasteiger partial charge in [0.05, 0.1) is 23.4 Å². The van der Waals surface area contributed by atoms with Crippen LogP contribution in [0.4, 0.5) is 5.69 Å². The number of methoxy groups -OCH3 is 1. The van der Waals surface area contributed by atoms with E-state index in [1.54, 1.807) is 12.1 Å². The van der Waals surface area contributed by atoms with Gasteiger partial charge in [0, 0.05) is 12.7 Å². The summed E-state index contributed by atoms with van der Waals surface area (Å²) in [6.07, 6.45) is 0. The van der Waals surface area contributed by atoms with E-state index in [2.05, 4.69) is 10.1 Å². The van der Waals surface area contributed by atoms with Crippen LogP contribution in [0.5, 0.6) is 5.75 Å². The lowest BCUT2D eigenvalue weighted by molar-refractivity contribution is 0.126. The maximum absolute atomic E-state index is 5.99. The van der Waals surface area contributed by atoms with Crippen molar-refractivity contribution >= 4 is 17.3 Å². The van der Waals surface area contributed by atoms with Crippen LogP contribution in [0.25, 0.3) is 11.5 Å². The highest BCUT2D eigenvalue weighted by atomic mass is 35.5. The van der Waals surface area contributed by atoms with Crippen molar-refractivity contribution in [2.24, 2.45) is 0 Å². The Hall–Kier alpha value is -1.79. The number of benzene rings is 1. The lowest BCUT2D eigenvalue weighted by atomic mass is 10.2. The van der Waals surface area contributed by atoms with Gasteiger partial charge in [-0.3, -0.25) is 0 Å². The summed E-state index contributed by atoms with van der Waals surface area (Å²) in [5.41, 5.74) is 6.74. The van der Waals surface area contributed by atoms with Crippen molar-refractivity contribution in [3.8, 4) is 17.2 Å². The Balaban J connectivity index is 2.35. The van der Waals surface area contributed by atoms with Gasteiger partial charge in [-0.2, -0.15) is 4.98 Å². The Morgan fingerprint density at radius 2 is 2.21 bits per heavy atom. The Kier molecular flexibility index (Phi) is 4.24. The SMILES string of the molecule is CCOCc1noc(-c2cc(Cl)c(N)cc2OC)n1. The van der Waals surface area contributed by atoms with Crippen molar-refractivity contribution in [1.29, 1.82) is 0 Å². The summed E-state index contributed by atoms with van der Waals surface area (Å²) >= 11 is 5.99. The molecule has 1 aromatic heterocycles. The van der Waals surface area contributed by atoms with E-state index < -0.39 is 0 Å². The highest BCUT2D eigenvalue weighted by molar-refractivity contribution is 6.33. The number of aromatic nitrogens is 2. The second-order valence-corrected chi connectivity index (χ2v) is 4.13. The van der Waals surface area contributed by atoms with Crippen molar-refractivity contribution in [3.63, 3.8) is 0 Å². The number of rotatable bonds is 5. The molecule has 2 N–H and O–H groups in total. The van der Waals surface area contributed by atoms with Crippen LogP contribution in [-0.2, 0) is 11.3 Å². The molecule has 0 aliphatic rings. The van der Waals surface area contributed by atoms with Gasteiger partial charge in [-0.25, -0.2) is 0 Å². The first-order chi connectivity index (χ1) is 9.15. The molecule has 1 heterocycles. The van der Waals surface area contributed by atoms with Gasteiger partial charge in [-0.1, -0.05) is 16.8 Å². The van der Waals surface area contributed by atoms with Crippen LogP contribution < -0.4 is 10.5 Å². The number of nitrogen functional groups attached to an aromatic ring is 1. The molecule has 7 heteroatoms. The first kappa shape index (κ1) is 13.6. The third-order valence-corrected chi connectivity index (χ3v) is 2.78. The third-order valence-electron chi connectivity index (χ3n) is 2.45. The summed E-state index contributed by atoms with van der Waals surface area (Å²) < 4.78 is 15.6. The summed E-state index contributed by atoms with van der Waals surface area (Å²) in [6.45, 7) is 2.77. The van der Waals surface area contributed by atoms with Gasteiger partial charge < -0.3 is 19.7 Å². The molecular formula is C12H14ClN3O3. The van der Waals surface area contributed by atoms with Crippen LogP contribution in [0, 0.1) is 0 Å². The maximum atomic E-state index is 5.99. The van der Waals surface area contributed by atoms with Gasteiger partial charge in [-0.05, 0) is 13.0 Å². The summed E-state index contributed by atoms with van der Waals surface area (Å²) in [7, 11) is 1.53. The van der Waals surface area contributed by atoms with Gasteiger partial charge in [0.2, 0.25) is 0 Å². The second kappa shape index (κ2) is 5.90. The van der Waals surface area contributed by atoms with E-state index in [4.69, 9.17) is 31.3 Å². The summed E-state index contributed by atoms with van der Waals surface area (Å²) in [5.74, 6) is 1.30. The molecule has 0 aliphatic carbocycles. The molecule has 0 atom stereocenters. The number of anilines is 1. The average molecular weight is 284 g/mol. The number of nitrogens with zero attached hydrogens (tertiary/aromatic N) is 2. The van der Waals surface area contributed by atoms with E-state index in [1.807, 2.05) is 6.92 Å². The van der Waals surface area contributed by atoms with Gasteiger partial charge in [-0.15, -0.1) is 0 Å². The van der Waals surface area contributed by atoms with E-state index in [0.29, 0.717) is 47.0 Å². The van der Waals surface area contributed by atoms with Crippen molar-refractivity contribution in [3.05, 3.63) is 23.0 Å². The molecule has 2 rings (SSSR count). The predicted molar refractivity (Wildman–Crippen MR) is 71.0 cm³/mol. The van der Waals surface area contributed by atoms with Crippen molar-refractivity contribution < 1.29 is 14.0 Å². The topological polar surface area (TPSA) is 83.4 Å². The van der Waals surface area contributed by atoms with Crippen LogP contribution in [-0.4, -0.2) is 23.9 Å². The summed E-state index contributed by atoms with van der Waals surface area (Å²) in [6, 6.07) is 3.25. The Morgan fingerprint density at radius 1 is 1.42 bits per heavy atom. The maximum Gasteiger partial charge on any atom is 0.261 e. The van der Waals surface area contributed by atoms with Crippen molar-refractivity contribution in [2.75, 3.05) is 19.5 Å². The zero-order chi connectivity index (χ0) is 13.8. The van der Waals surface area contributed by atoms with Crippen LogP contribution in [0.15, 0.2) is 16.7 Å². The Morgan fingerprint density at radius 3 is 2.89 bits per heavy atom. The smallest absolute Gasteiger partial charge is 0.261 e. The highest BCUT2D eigenvalue weighted by Gasteiger charge is 2.16. The number of hydrogen-bond donors (Lipinski definition) is 1.